The van der Waals surface area contributed by atoms with Crippen molar-refractivity contribution in [3.63, 3.8) is 0 Å². The van der Waals surface area contributed by atoms with Crippen LogP contribution >= 0.6 is 35.0 Å². The van der Waals surface area contributed by atoms with Crippen LogP contribution in [-0.2, 0) is 9.53 Å². The van der Waals surface area contributed by atoms with Gasteiger partial charge in [-0.2, -0.15) is 0 Å². The third-order valence-electron chi connectivity index (χ3n) is 3.37. The summed E-state index contributed by atoms with van der Waals surface area (Å²) < 4.78 is 6.54. The number of methoxy groups -OCH3 is 1. The van der Waals surface area contributed by atoms with E-state index in [1.54, 1.807) is 18.2 Å². The Labute approximate surface area is 158 Å². The summed E-state index contributed by atoms with van der Waals surface area (Å²) in [6, 6.07) is 14.8. The van der Waals surface area contributed by atoms with E-state index in [0.717, 1.165) is 5.69 Å². The summed E-state index contributed by atoms with van der Waals surface area (Å²) in [5.41, 5.74) is 1.56. The van der Waals surface area contributed by atoms with Gasteiger partial charge in [0.25, 0.3) is 0 Å². The Morgan fingerprint density at radius 1 is 1.16 bits per heavy atom. The molecule has 3 aromatic rings. The molecule has 1 aromatic heterocycles. The molecule has 1 heterocycles. The quantitative estimate of drug-likeness (QED) is 0.471. The minimum atomic E-state index is -0.335. The van der Waals surface area contributed by atoms with Crippen LogP contribution in [0.15, 0.2) is 53.7 Å². The SMILES string of the molecule is COC(=O)CSc1nnc(-c2ccc(Cl)cc2Cl)n1-c1ccccc1. The Balaban J connectivity index is 2.09. The average molecular weight is 394 g/mol. The molecule has 128 valence electrons. The Morgan fingerprint density at radius 3 is 2.60 bits per heavy atom. The van der Waals surface area contributed by atoms with E-state index in [4.69, 9.17) is 23.2 Å². The largest absolute Gasteiger partial charge is 0.468 e. The molecule has 0 aliphatic rings. The lowest BCUT2D eigenvalue weighted by atomic mass is 10.2. The molecule has 25 heavy (non-hydrogen) atoms. The highest BCUT2D eigenvalue weighted by atomic mass is 35.5. The topological polar surface area (TPSA) is 57.0 Å². The van der Waals surface area contributed by atoms with Crippen molar-refractivity contribution in [1.29, 1.82) is 0 Å². The van der Waals surface area contributed by atoms with Gasteiger partial charge in [-0.05, 0) is 30.3 Å². The number of thioether (sulfide) groups is 1. The molecule has 0 saturated heterocycles. The molecule has 8 heteroatoms. The van der Waals surface area contributed by atoms with Crippen LogP contribution in [0, 0.1) is 0 Å². The molecule has 0 spiro atoms. The Bertz CT molecular complexity index is 900. The molecule has 0 atom stereocenters. The summed E-state index contributed by atoms with van der Waals surface area (Å²) in [5.74, 6) is 0.370. The number of benzene rings is 2. The van der Waals surface area contributed by atoms with E-state index >= 15 is 0 Å². The number of aromatic nitrogens is 3. The lowest BCUT2D eigenvalue weighted by Crippen LogP contribution is -2.05. The molecule has 0 bridgehead atoms. The number of nitrogens with zero attached hydrogens (tertiary/aromatic N) is 3. The second kappa shape index (κ2) is 7.91. The predicted octanol–water partition coefficient (Wildman–Crippen LogP) is 4.51. The normalized spacial score (nSPS) is 10.7. The molecule has 0 N–H and O–H groups in total. The van der Waals surface area contributed by atoms with Crippen molar-refractivity contribution in [1.82, 2.24) is 14.8 Å². The van der Waals surface area contributed by atoms with E-state index in [1.165, 1.54) is 18.9 Å². The number of hydrogen-bond donors (Lipinski definition) is 0. The summed E-state index contributed by atoms with van der Waals surface area (Å²) >= 11 is 13.6. The Kier molecular flexibility index (Phi) is 5.63. The fourth-order valence-corrected chi connectivity index (χ4v) is 3.48. The highest BCUT2D eigenvalue weighted by Gasteiger charge is 2.19. The molecular formula is C17H13Cl2N3O2S. The fourth-order valence-electron chi connectivity index (χ4n) is 2.20. The van der Waals surface area contributed by atoms with Crippen LogP contribution in [0.2, 0.25) is 10.0 Å². The van der Waals surface area contributed by atoms with Gasteiger partial charge in [-0.1, -0.05) is 53.2 Å². The van der Waals surface area contributed by atoms with Crippen LogP contribution in [0.1, 0.15) is 0 Å². The summed E-state index contributed by atoms with van der Waals surface area (Å²) in [6.45, 7) is 0. The van der Waals surface area contributed by atoms with Crippen LogP contribution < -0.4 is 0 Å². The van der Waals surface area contributed by atoms with Crippen LogP contribution in [0.4, 0.5) is 0 Å². The van der Waals surface area contributed by atoms with Gasteiger partial charge in [0.1, 0.15) is 0 Å². The Hall–Kier alpha value is -2.02. The minimum Gasteiger partial charge on any atom is -0.468 e. The van der Waals surface area contributed by atoms with Crippen LogP contribution in [0.5, 0.6) is 0 Å². The van der Waals surface area contributed by atoms with Crippen molar-refractivity contribution in [3.05, 3.63) is 58.6 Å². The van der Waals surface area contributed by atoms with Crippen molar-refractivity contribution >= 4 is 40.9 Å². The number of hydrogen-bond acceptors (Lipinski definition) is 5. The zero-order valence-electron chi connectivity index (χ0n) is 13.1. The summed E-state index contributed by atoms with van der Waals surface area (Å²) in [7, 11) is 1.35. The van der Waals surface area contributed by atoms with Gasteiger partial charge in [-0.15, -0.1) is 10.2 Å². The number of rotatable bonds is 5. The summed E-state index contributed by atoms with van der Waals surface area (Å²) in [5, 5.41) is 10.1. The maximum absolute atomic E-state index is 11.5. The van der Waals surface area contributed by atoms with E-state index < -0.39 is 0 Å². The van der Waals surface area contributed by atoms with Gasteiger partial charge in [-0.3, -0.25) is 9.36 Å². The molecule has 2 aromatic carbocycles. The first kappa shape index (κ1) is 17.8. The van der Waals surface area contributed by atoms with Crippen LogP contribution in [0.25, 0.3) is 17.1 Å². The van der Waals surface area contributed by atoms with Gasteiger partial charge in [0.2, 0.25) is 0 Å². The third kappa shape index (κ3) is 3.98. The average Bonchev–Trinajstić information content (AvgIpc) is 3.04. The molecule has 0 saturated carbocycles. The maximum atomic E-state index is 11.5. The van der Waals surface area contributed by atoms with Crippen molar-refractivity contribution in [2.45, 2.75) is 5.16 Å². The second-order valence-corrected chi connectivity index (χ2v) is 6.75. The lowest BCUT2D eigenvalue weighted by molar-refractivity contribution is -0.137. The summed E-state index contributed by atoms with van der Waals surface area (Å²) in [6.07, 6.45) is 0. The standard InChI is InChI=1S/C17H13Cl2N3O2S/c1-24-15(23)10-25-17-21-20-16(13-8-7-11(18)9-14(13)19)22(17)12-5-3-2-4-6-12/h2-9H,10H2,1H3. The van der Waals surface area contributed by atoms with Crippen molar-refractivity contribution in [2.75, 3.05) is 12.9 Å². The lowest BCUT2D eigenvalue weighted by Gasteiger charge is -2.11. The van der Waals surface area contributed by atoms with Crippen LogP contribution in [0.3, 0.4) is 0 Å². The first-order valence-corrected chi connectivity index (χ1v) is 9.00. The predicted molar refractivity (Wildman–Crippen MR) is 99.6 cm³/mol. The number of carbonyl (C=O) groups excluding carboxylic acids is 1. The van der Waals surface area contributed by atoms with E-state index in [-0.39, 0.29) is 11.7 Å². The molecule has 0 fully saturated rings. The number of halogens is 2. The fraction of sp³-hybridized carbons (Fsp3) is 0.118. The first-order valence-electron chi connectivity index (χ1n) is 7.26. The van der Waals surface area contributed by atoms with Gasteiger partial charge in [0.15, 0.2) is 11.0 Å². The van der Waals surface area contributed by atoms with Gasteiger partial charge in [-0.25, -0.2) is 0 Å². The number of ether oxygens (including phenoxy) is 1. The molecule has 0 radical (unpaired) electrons. The van der Waals surface area contributed by atoms with E-state index in [2.05, 4.69) is 14.9 Å². The molecule has 0 aliphatic carbocycles. The number of para-hydroxylation sites is 1. The maximum Gasteiger partial charge on any atom is 0.316 e. The molecular weight excluding hydrogens is 381 g/mol. The van der Waals surface area contributed by atoms with Gasteiger partial charge < -0.3 is 4.74 Å². The van der Waals surface area contributed by atoms with Crippen molar-refractivity contribution in [3.8, 4) is 17.1 Å². The number of carbonyl (C=O) groups is 1. The molecule has 3 rings (SSSR count). The zero-order valence-corrected chi connectivity index (χ0v) is 15.5. The van der Waals surface area contributed by atoms with Crippen molar-refractivity contribution < 1.29 is 9.53 Å². The molecule has 0 amide bonds. The van der Waals surface area contributed by atoms with E-state index in [1.807, 2.05) is 34.9 Å². The second-order valence-electron chi connectivity index (χ2n) is 4.97. The van der Waals surface area contributed by atoms with Gasteiger partial charge in [0.05, 0.1) is 17.9 Å². The molecule has 0 unspecified atom stereocenters. The minimum absolute atomic E-state index is 0.135. The summed E-state index contributed by atoms with van der Waals surface area (Å²) in [4.78, 5) is 11.5. The zero-order chi connectivity index (χ0) is 17.8. The number of esters is 1. The highest BCUT2D eigenvalue weighted by molar-refractivity contribution is 7.99. The molecule has 0 aliphatic heterocycles. The van der Waals surface area contributed by atoms with Gasteiger partial charge in [0, 0.05) is 16.3 Å². The monoisotopic (exact) mass is 393 g/mol. The smallest absolute Gasteiger partial charge is 0.316 e. The van der Waals surface area contributed by atoms with E-state index in [0.29, 0.717) is 26.6 Å². The third-order valence-corrected chi connectivity index (χ3v) is 4.82. The highest BCUT2D eigenvalue weighted by Crippen LogP contribution is 2.33. The molecule has 5 nitrogen and oxygen atoms in total. The van der Waals surface area contributed by atoms with E-state index in [9.17, 15) is 4.79 Å². The van der Waals surface area contributed by atoms with Crippen LogP contribution in [-0.4, -0.2) is 33.6 Å². The van der Waals surface area contributed by atoms with Crippen molar-refractivity contribution in [2.24, 2.45) is 0 Å². The first-order chi connectivity index (χ1) is 12.1. The van der Waals surface area contributed by atoms with Gasteiger partial charge >= 0.3 is 5.97 Å². The Morgan fingerprint density at radius 2 is 1.92 bits per heavy atom.